The van der Waals surface area contributed by atoms with E-state index in [1.807, 2.05) is 18.3 Å². The fourth-order valence-corrected chi connectivity index (χ4v) is 2.16. The Balaban J connectivity index is 2.43. The predicted molar refractivity (Wildman–Crippen MR) is 67.4 cm³/mol. The number of aromatic amines is 1. The fraction of sp³-hybridized carbons (Fsp3) is 0.250. The average molecular weight is 253 g/mol. The minimum absolute atomic E-state index is 0.0338. The van der Waals surface area contributed by atoms with Crippen LogP contribution in [-0.2, 0) is 4.79 Å². The molecule has 0 aliphatic carbocycles. The zero-order valence-corrected chi connectivity index (χ0v) is 9.87. The molecule has 0 saturated heterocycles. The third-order valence-electron chi connectivity index (χ3n) is 2.82. The Morgan fingerprint density at radius 1 is 1.53 bits per heavy atom. The number of H-pyrrole nitrogens is 1. The molecule has 2 rings (SSSR count). The molecule has 0 bridgehead atoms. The minimum Gasteiger partial charge on any atom is -0.481 e. The topological polar surface area (TPSA) is 79.1 Å². The summed E-state index contributed by atoms with van der Waals surface area (Å²) in [5.41, 5.74) is 7.46. The van der Waals surface area contributed by atoms with Crippen molar-refractivity contribution in [1.82, 2.24) is 4.98 Å². The first-order valence-corrected chi connectivity index (χ1v) is 5.68. The summed E-state index contributed by atoms with van der Waals surface area (Å²) >= 11 is 5.89. The van der Waals surface area contributed by atoms with Crippen LogP contribution < -0.4 is 5.73 Å². The van der Waals surface area contributed by atoms with Crippen LogP contribution in [0.25, 0.3) is 10.9 Å². The van der Waals surface area contributed by atoms with E-state index in [2.05, 4.69) is 4.98 Å². The number of carbonyl (C=O) groups is 1. The van der Waals surface area contributed by atoms with Gasteiger partial charge in [0.15, 0.2) is 0 Å². The maximum absolute atomic E-state index is 10.8. The molecule has 4 N–H and O–H groups in total. The first-order chi connectivity index (χ1) is 8.11. The highest BCUT2D eigenvalue weighted by Gasteiger charge is 2.17. The van der Waals surface area contributed by atoms with Crippen molar-refractivity contribution in [3.8, 4) is 0 Å². The second kappa shape index (κ2) is 4.77. The number of nitrogens with two attached hydrogens (primary N) is 1. The van der Waals surface area contributed by atoms with Crippen LogP contribution in [0.1, 0.15) is 17.9 Å². The normalized spacial score (nSPS) is 12.8. The molecule has 2 aromatic rings. The number of aliphatic carboxylic acids is 1. The molecule has 1 heterocycles. The lowest BCUT2D eigenvalue weighted by Crippen LogP contribution is -2.15. The number of hydrogen-bond acceptors (Lipinski definition) is 2. The summed E-state index contributed by atoms with van der Waals surface area (Å²) in [4.78, 5) is 13.9. The van der Waals surface area contributed by atoms with Gasteiger partial charge in [0, 0.05) is 28.0 Å². The third-order valence-corrected chi connectivity index (χ3v) is 3.06. The van der Waals surface area contributed by atoms with E-state index in [0.29, 0.717) is 11.6 Å². The Bertz CT molecular complexity index is 550. The summed E-state index contributed by atoms with van der Waals surface area (Å²) in [6.45, 7) is 0.307. The zero-order valence-electron chi connectivity index (χ0n) is 9.11. The molecule has 0 amide bonds. The van der Waals surface area contributed by atoms with Crippen molar-refractivity contribution in [2.24, 2.45) is 5.73 Å². The van der Waals surface area contributed by atoms with E-state index in [1.165, 1.54) is 0 Å². The number of nitrogens with one attached hydrogen (secondary N) is 1. The van der Waals surface area contributed by atoms with E-state index in [4.69, 9.17) is 22.4 Å². The van der Waals surface area contributed by atoms with Crippen molar-refractivity contribution in [2.45, 2.75) is 12.3 Å². The van der Waals surface area contributed by atoms with Crippen LogP contribution in [0.2, 0.25) is 5.02 Å². The molecule has 1 unspecified atom stereocenters. The highest BCUT2D eigenvalue weighted by molar-refractivity contribution is 6.31. The van der Waals surface area contributed by atoms with Gasteiger partial charge in [0.2, 0.25) is 0 Å². The Morgan fingerprint density at radius 2 is 2.29 bits per heavy atom. The number of benzene rings is 1. The van der Waals surface area contributed by atoms with Gasteiger partial charge in [-0.2, -0.15) is 0 Å². The van der Waals surface area contributed by atoms with Crippen LogP contribution in [0.4, 0.5) is 0 Å². The molecular formula is C12H13ClN2O2. The zero-order chi connectivity index (χ0) is 12.4. The Labute approximate surface area is 103 Å². The van der Waals surface area contributed by atoms with E-state index < -0.39 is 5.97 Å². The van der Waals surface area contributed by atoms with Gasteiger partial charge in [-0.05, 0) is 24.2 Å². The number of aromatic nitrogens is 1. The summed E-state index contributed by atoms with van der Waals surface area (Å²) in [6.07, 6.45) is 1.84. The van der Waals surface area contributed by atoms with Gasteiger partial charge >= 0.3 is 5.97 Å². The van der Waals surface area contributed by atoms with Crippen LogP contribution in [-0.4, -0.2) is 22.6 Å². The highest BCUT2D eigenvalue weighted by Crippen LogP contribution is 2.28. The Kier molecular flexibility index (Phi) is 3.36. The molecule has 4 nitrogen and oxygen atoms in total. The lowest BCUT2D eigenvalue weighted by atomic mass is 9.95. The highest BCUT2D eigenvalue weighted by atomic mass is 35.5. The summed E-state index contributed by atoms with van der Waals surface area (Å²) in [6, 6.07) is 5.48. The minimum atomic E-state index is -0.844. The summed E-state index contributed by atoms with van der Waals surface area (Å²) in [5, 5.41) is 10.5. The monoisotopic (exact) mass is 252 g/mol. The first-order valence-electron chi connectivity index (χ1n) is 5.30. The molecular weight excluding hydrogens is 240 g/mol. The summed E-state index contributed by atoms with van der Waals surface area (Å²) in [7, 11) is 0. The fourth-order valence-electron chi connectivity index (χ4n) is 1.99. The predicted octanol–water partition coefficient (Wildman–Crippen LogP) is 2.34. The molecule has 1 aromatic carbocycles. The van der Waals surface area contributed by atoms with E-state index in [9.17, 15) is 4.79 Å². The third kappa shape index (κ3) is 2.43. The SMILES string of the molecule is NCC(CC(=O)O)c1c[nH]c2cc(Cl)ccc12. The number of fused-ring (bicyclic) bond motifs is 1. The maximum atomic E-state index is 10.8. The average Bonchev–Trinajstić information content (AvgIpc) is 2.68. The van der Waals surface area contributed by atoms with Crippen molar-refractivity contribution in [1.29, 1.82) is 0 Å². The molecule has 90 valence electrons. The van der Waals surface area contributed by atoms with Gasteiger partial charge in [-0.15, -0.1) is 0 Å². The van der Waals surface area contributed by atoms with Gasteiger partial charge < -0.3 is 15.8 Å². The molecule has 5 heteroatoms. The molecule has 1 aromatic heterocycles. The number of halogens is 1. The number of carboxylic acids is 1. The van der Waals surface area contributed by atoms with Crippen LogP contribution in [0.5, 0.6) is 0 Å². The second-order valence-corrected chi connectivity index (χ2v) is 4.40. The van der Waals surface area contributed by atoms with Crippen LogP contribution in [0.3, 0.4) is 0 Å². The largest absolute Gasteiger partial charge is 0.481 e. The molecule has 0 aliphatic heterocycles. The first kappa shape index (κ1) is 12.0. The molecule has 17 heavy (non-hydrogen) atoms. The van der Waals surface area contributed by atoms with E-state index in [-0.39, 0.29) is 12.3 Å². The van der Waals surface area contributed by atoms with Crippen molar-refractivity contribution in [2.75, 3.05) is 6.54 Å². The van der Waals surface area contributed by atoms with E-state index in [1.54, 1.807) is 6.07 Å². The van der Waals surface area contributed by atoms with Gasteiger partial charge in [0.05, 0.1) is 6.42 Å². The van der Waals surface area contributed by atoms with Crippen molar-refractivity contribution in [3.05, 3.63) is 35.0 Å². The quantitative estimate of drug-likeness (QED) is 0.781. The van der Waals surface area contributed by atoms with Gasteiger partial charge in [-0.25, -0.2) is 0 Å². The van der Waals surface area contributed by atoms with E-state index in [0.717, 1.165) is 16.5 Å². The van der Waals surface area contributed by atoms with Gasteiger partial charge in [0.25, 0.3) is 0 Å². The van der Waals surface area contributed by atoms with Crippen LogP contribution in [0, 0.1) is 0 Å². The number of hydrogen-bond donors (Lipinski definition) is 3. The molecule has 0 spiro atoms. The lowest BCUT2D eigenvalue weighted by Gasteiger charge is -2.11. The Hall–Kier alpha value is -1.52. The maximum Gasteiger partial charge on any atom is 0.304 e. The molecule has 0 radical (unpaired) electrons. The molecule has 0 aliphatic rings. The Morgan fingerprint density at radius 3 is 2.94 bits per heavy atom. The van der Waals surface area contributed by atoms with Crippen molar-refractivity contribution in [3.63, 3.8) is 0 Å². The summed E-state index contributed by atoms with van der Waals surface area (Å²) in [5.74, 6) is -1.02. The van der Waals surface area contributed by atoms with Crippen LogP contribution in [0.15, 0.2) is 24.4 Å². The van der Waals surface area contributed by atoms with Crippen molar-refractivity contribution < 1.29 is 9.90 Å². The van der Waals surface area contributed by atoms with E-state index >= 15 is 0 Å². The lowest BCUT2D eigenvalue weighted by molar-refractivity contribution is -0.137. The van der Waals surface area contributed by atoms with Gasteiger partial charge in [-0.1, -0.05) is 17.7 Å². The standard InChI is InChI=1S/C12H13ClN2O2/c13-8-1-2-9-10(6-15-11(9)4-8)7(5-14)3-12(16)17/h1-2,4,6-7,15H,3,5,14H2,(H,16,17). The van der Waals surface area contributed by atoms with Crippen LogP contribution >= 0.6 is 11.6 Å². The van der Waals surface area contributed by atoms with Gasteiger partial charge in [-0.3, -0.25) is 4.79 Å². The molecule has 0 fully saturated rings. The van der Waals surface area contributed by atoms with Crippen molar-refractivity contribution >= 4 is 28.5 Å². The molecule has 0 saturated carbocycles. The number of carboxylic acid groups (broad SMARTS) is 1. The smallest absolute Gasteiger partial charge is 0.304 e. The second-order valence-electron chi connectivity index (χ2n) is 3.96. The summed E-state index contributed by atoms with van der Waals surface area (Å²) < 4.78 is 0. The number of rotatable bonds is 4. The molecule has 1 atom stereocenters. The van der Waals surface area contributed by atoms with Gasteiger partial charge in [0.1, 0.15) is 0 Å².